The molecule has 0 amide bonds. The lowest BCUT2D eigenvalue weighted by Gasteiger charge is -2.14. The third kappa shape index (κ3) is 3.10. The Bertz CT molecular complexity index is 789. The fourth-order valence-corrected chi connectivity index (χ4v) is 3.01. The molecule has 0 aliphatic heterocycles. The topological polar surface area (TPSA) is 38.9 Å². The van der Waals surface area contributed by atoms with Crippen molar-refractivity contribution in [3.05, 3.63) is 75.4 Å². The van der Waals surface area contributed by atoms with Crippen molar-refractivity contribution in [1.82, 2.24) is 4.98 Å². The summed E-state index contributed by atoms with van der Waals surface area (Å²) >= 11 is 9.73. The van der Waals surface area contributed by atoms with Gasteiger partial charge in [-0.1, -0.05) is 48.0 Å². The summed E-state index contributed by atoms with van der Waals surface area (Å²) in [4.78, 5) is 4.66. The number of fused-ring (bicyclic) bond motifs is 1. The molecule has 3 aromatic rings. The van der Waals surface area contributed by atoms with E-state index in [1.807, 2.05) is 42.5 Å². The van der Waals surface area contributed by atoms with Crippen LogP contribution in [0.2, 0.25) is 5.02 Å². The van der Waals surface area contributed by atoms with Crippen molar-refractivity contribution in [3.63, 3.8) is 0 Å². The smallest absolute Gasteiger partial charge is 0.0705 e. The Morgan fingerprint density at radius 3 is 2.71 bits per heavy atom. The minimum absolute atomic E-state index is 0.177. The van der Waals surface area contributed by atoms with E-state index in [2.05, 4.69) is 33.0 Å². The highest BCUT2D eigenvalue weighted by Gasteiger charge is 2.13. The van der Waals surface area contributed by atoms with Crippen molar-refractivity contribution in [2.75, 3.05) is 0 Å². The average molecular weight is 362 g/mol. The first kappa shape index (κ1) is 14.5. The second-order valence-corrected chi connectivity index (χ2v) is 6.18. The fourth-order valence-electron chi connectivity index (χ4n) is 2.36. The monoisotopic (exact) mass is 360 g/mol. The SMILES string of the molecule is NC(Cc1ccc2ccccc2n1)c1cccc(Br)c1Cl. The van der Waals surface area contributed by atoms with Gasteiger partial charge in [0, 0.05) is 28.0 Å². The number of hydrogen-bond donors (Lipinski definition) is 1. The van der Waals surface area contributed by atoms with Gasteiger partial charge in [-0.2, -0.15) is 0 Å². The molecule has 0 saturated heterocycles. The zero-order chi connectivity index (χ0) is 14.8. The number of pyridine rings is 1. The van der Waals surface area contributed by atoms with Gasteiger partial charge in [0.2, 0.25) is 0 Å². The Hall–Kier alpha value is -1.42. The third-order valence-electron chi connectivity index (χ3n) is 3.47. The third-order valence-corrected chi connectivity index (χ3v) is 4.78. The Morgan fingerprint density at radius 1 is 1.05 bits per heavy atom. The van der Waals surface area contributed by atoms with E-state index in [1.54, 1.807) is 0 Å². The van der Waals surface area contributed by atoms with Gasteiger partial charge < -0.3 is 5.73 Å². The standard InChI is InChI=1S/C17H14BrClN2/c18-14-6-3-5-13(17(14)19)15(20)10-12-9-8-11-4-1-2-7-16(11)21-12/h1-9,15H,10,20H2. The summed E-state index contributed by atoms with van der Waals surface area (Å²) in [7, 11) is 0. The quantitative estimate of drug-likeness (QED) is 0.721. The van der Waals surface area contributed by atoms with Gasteiger partial charge >= 0.3 is 0 Å². The van der Waals surface area contributed by atoms with Gasteiger partial charge in [-0.3, -0.25) is 4.98 Å². The molecule has 0 aliphatic rings. The molecule has 1 atom stereocenters. The molecule has 0 radical (unpaired) electrons. The van der Waals surface area contributed by atoms with Crippen molar-refractivity contribution in [1.29, 1.82) is 0 Å². The summed E-state index contributed by atoms with van der Waals surface area (Å²) in [5.74, 6) is 0. The first-order valence-corrected chi connectivity index (χ1v) is 7.86. The normalized spacial score (nSPS) is 12.5. The van der Waals surface area contributed by atoms with Gasteiger partial charge in [0.15, 0.2) is 0 Å². The molecule has 21 heavy (non-hydrogen) atoms. The molecule has 0 saturated carbocycles. The van der Waals surface area contributed by atoms with Crippen LogP contribution >= 0.6 is 27.5 Å². The van der Waals surface area contributed by atoms with Crippen molar-refractivity contribution in [2.45, 2.75) is 12.5 Å². The van der Waals surface area contributed by atoms with Gasteiger partial charge in [0.25, 0.3) is 0 Å². The summed E-state index contributed by atoms with van der Waals surface area (Å²) in [5, 5.41) is 1.81. The van der Waals surface area contributed by atoms with Crippen LogP contribution in [0.5, 0.6) is 0 Å². The van der Waals surface area contributed by atoms with Crippen molar-refractivity contribution < 1.29 is 0 Å². The Kier molecular flexibility index (Phi) is 4.24. The molecule has 0 fully saturated rings. The highest BCUT2D eigenvalue weighted by Crippen LogP contribution is 2.30. The Morgan fingerprint density at radius 2 is 1.86 bits per heavy atom. The number of nitrogens with zero attached hydrogens (tertiary/aromatic N) is 1. The van der Waals surface area contributed by atoms with Gasteiger partial charge in [-0.05, 0) is 39.7 Å². The lowest BCUT2D eigenvalue weighted by Crippen LogP contribution is -2.14. The summed E-state index contributed by atoms with van der Waals surface area (Å²) in [6.07, 6.45) is 0.654. The zero-order valence-electron chi connectivity index (χ0n) is 11.3. The van der Waals surface area contributed by atoms with Crippen LogP contribution in [0.3, 0.4) is 0 Å². The van der Waals surface area contributed by atoms with Crippen LogP contribution in [0.25, 0.3) is 10.9 Å². The average Bonchev–Trinajstić information content (AvgIpc) is 2.50. The van der Waals surface area contributed by atoms with Crippen LogP contribution < -0.4 is 5.73 Å². The van der Waals surface area contributed by atoms with Gasteiger partial charge in [0.1, 0.15) is 0 Å². The fraction of sp³-hybridized carbons (Fsp3) is 0.118. The molecule has 1 aromatic heterocycles. The number of para-hydroxylation sites is 1. The molecule has 0 aliphatic carbocycles. The molecule has 0 bridgehead atoms. The Labute approximate surface area is 137 Å². The van der Waals surface area contributed by atoms with Crippen LogP contribution in [0.4, 0.5) is 0 Å². The van der Waals surface area contributed by atoms with Crippen molar-refractivity contribution in [2.24, 2.45) is 5.73 Å². The molecule has 1 heterocycles. The lowest BCUT2D eigenvalue weighted by molar-refractivity contribution is 0.709. The van der Waals surface area contributed by atoms with E-state index in [1.165, 1.54) is 0 Å². The first-order valence-electron chi connectivity index (χ1n) is 6.69. The van der Waals surface area contributed by atoms with Crippen LogP contribution in [0.15, 0.2) is 59.1 Å². The summed E-state index contributed by atoms with van der Waals surface area (Å²) in [6.45, 7) is 0. The van der Waals surface area contributed by atoms with Gasteiger partial charge in [0.05, 0.1) is 10.5 Å². The zero-order valence-corrected chi connectivity index (χ0v) is 13.6. The highest BCUT2D eigenvalue weighted by molar-refractivity contribution is 9.10. The van der Waals surface area contributed by atoms with E-state index < -0.39 is 0 Å². The lowest BCUT2D eigenvalue weighted by atomic mass is 10.0. The summed E-state index contributed by atoms with van der Waals surface area (Å²) in [6, 6.07) is 17.8. The second kappa shape index (κ2) is 6.14. The molecule has 2 aromatic carbocycles. The maximum Gasteiger partial charge on any atom is 0.0705 e. The van der Waals surface area contributed by atoms with E-state index >= 15 is 0 Å². The minimum Gasteiger partial charge on any atom is -0.324 e. The Balaban J connectivity index is 1.89. The largest absolute Gasteiger partial charge is 0.324 e. The van der Waals surface area contributed by atoms with Crippen LogP contribution in [-0.2, 0) is 6.42 Å². The van der Waals surface area contributed by atoms with Crippen LogP contribution in [0, 0.1) is 0 Å². The number of halogens is 2. The molecule has 4 heteroatoms. The molecule has 2 nitrogen and oxygen atoms in total. The summed E-state index contributed by atoms with van der Waals surface area (Å²) < 4.78 is 0.864. The minimum atomic E-state index is -0.177. The van der Waals surface area contributed by atoms with Crippen molar-refractivity contribution in [3.8, 4) is 0 Å². The summed E-state index contributed by atoms with van der Waals surface area (Å²) in [5.41, 5.74) is 9.19. The predicted octanol–water partition coefficient (Wildman–Crippen LogP) is 4.89. The number of benzene rings is 2. The maximum atomic E-state index is 6.30. The number of nitrogens with two attached hydrogens (primary N) is 1. The molecular weight excluding hydrogens is 348 g/mol. The van der Waals surface area contributed by atoms with Crippen LogP contribution in [0.1, 0.15) is 17.3 Å². The maximum absolute atomic E-state index is 6.30. The molecule has 2 N–H and O–H groups in total. The molecular formula is C17H14BrClN2. The first-order chi connectivity index (χ1) is 10.1. The molecule has 106 valence electrons. The predicted molar refractivity (Wildman–Crippen MR) is 91.5 cm³/mol. The molecule has 1 unspecified atom stereocenters. The van der Waals surface area contributed by atoms with E-state index in [4.69, 9.17) is 17.3 Å². The number of rotatable bonds is 3. The number of hydrogen-bond acceptors (Lipinski definition) is 2. The van der Waals surface area contributed by atoms with Gasteiger partial charge in [-0.15, -0.1) is 0 Å². The van der Waals surface area contributed by atoms with E-state index in [0.29, 0.717) is 11.4 Å². The second-order valence-electron chi connectivity index (χ2n) is 4.95. The van der Waals surface area contributed by atoms with Gasteiger partial charge in [-0.25, -0.2) is 0 Å². The number of aromatic nitrogens is 1. The highest BCUT2D eigenvalue weighted by atomic mass is 79.9. The van der Waals surface area contributed by atoms with E-state index in [-0.39, 0.29) is 6.04 Å². The van der Waals surface area contributed by atoms with Crippen LogP contribution in [-0.4, -0.2) is 4.98 Å². The van der Waals surface area contributed by atoms with Crippen molar-refractivity contribution >= 4 is 38.4 Å². The van der Waals surface area contributed by atoms with E-state index in [0.717, 1.165) is 26.6 Å². The molecule has 0 spiro atoms. The van der Waals surface area contributed by atoms with E-state index in [9.17, 15) is 0 Å². The molecule has 3 rings (SSSR count).